The van der Waals surface area contributed by atoms with Crippen LogP contribution in [0.25, 0.3) is 10.9 Å². The topological polar surface area (TPSA) is 39.2 Å². The van der Waals surface area contributed by atoms with Crippen molar-refractivity contribution >= 4 is 29.0 Å². The lowest BCUT2D eigenvalue weighted by atomic mass is 10.1. The standard InChI is InChI=1S/C11H8ClNO2/c12-10-4-9-3-8(6-15-7-14)1-2-11(9)13-5-10/h1-5,7H,6H2. The number of fused-ring (bicyclic) bond motifs is 1. The highest BCUT2D eigenvalue weighted by Crippen LogP contribution is 2.18. The lowest BCUT2D eigenvalue weighted by Crippen LogP contribution is -1.90. The Bertz CT molecular complexity index is 499. The SMILES string of the molecule is O=COCc1ccc2ncc(Cl)cc2c1. The van der Waals surface area contributed by atoms with Crippen LogP contribution >= 0.6 is 11.6 Å². The Morgan fingerprint density at radius 1 is 1.40 bits per heavy atom. The van der Waals surface area contributed by atoms with E-state index in [1.807, 2.05) is 24.3 Å². The molecular formula is C11H8ClNO2. The van der Waals surface area contributed by atoms with Crippen molar-refractivity contribution in [3.05, 3.63) is 41.0 Å². The fraction of sp³-hybridized carbons (Fsp3) is 0.0909. The second-order valence-corrected chi connectivity index (χ2v) is 3.52. The molecule has 0 fully saturated rings. The molecule has 0 saturated heterocycles. The number of hydrogen-bond donors (Lipinski definition) is 0. The van der Waals surface area contributed by atoms with Gasteiger partial charge in [0.05, 0.1) is 10.5 Å². The van der Waals surface area contributed by atoms with Gasteiger partial charge in [-0.25, -0.2) is 0 Å². The van der Waals surface area contributed by atoms with E-state index in [0.29, 0.717) is 11.5 Å². The molecule has 3 nitrogen and oxygen atoms in total. The van der Waals surface area contributed by atoms with Gasteiger partial charge in [0.1, 0.15) is 6.61 Å². The van der Waals surface area contributed by atoms with Crippen molar-refractivity contribution in [2.45, 2.75) is 6.61 Å². The number of hydrogen-bond acceptors (Lipinski definition) is 3. The van der Waals surface area contributed by atoms with Crippen molar-refractivity contribution in [3.63, 3.8) is 0 Å². The summed E-state index contributed by atoms with van der Waals surface area (Å²) in [5, 5.41) is 1.53. The minimum absolute atomic E-state index is 0.270. The number of ether oxygens (including phenoxy) is 1. The fourth-order valence-electron chi connectivity index (χ4n) is 1.37. The van der Waals surface area contributed by atoms with Crippen molar-refractivity contribution in [3.8, 4) is 0 Å². The van der Waals surface area contributed by atoms with Crippen LogP contribution in [0.3, 0.4) is 0 Å². The van der Waals surface area contributed by atoms with E-state index in [1.54, 1.807) is 6.20 Å². The summed E-state index contributed by atoms with van der Waals surface area (Å²) in [7, 11) is 0. The van der Waals surface area contributed by atoms with Crippen LogP contribution in [0.4, 0.5) is 0 Å². The Hall–Kier alpha value is -1.61. The number of carbonyl (C=O) groups excluding carboxylic acids is 1. The number of benzene rings is 1. The molecule has 2 aromatic rings. The first kappa shape index (κ1) is 9.93. The van der Waals surface area contributed by atoms with E-state index in [9.17, 15) is 4.79 Å². The normalized spacial score (nSPS) is 10.2. The third-order valence-corrected chi connectivity index (χ3v) is 2.24. The van der Waals surface area contributed by atoms with Crippen LogP contribution in [0.1, 0.15) is 5.56 Å². The zero-order chi connectivity index (χ0) is 10.7. The van der Waals surface area contributed by atoms with Crippen LogP contribution in [0.5, 0.6) is 0 Å². The highest BCUT2D eigenvalue weighted by atomic mass is 35.5. The Morgan fingerprint density at radius 2 is 2.27 bits per heavy atom. The number of nitrogens with zero attached hydrogens (tertiary/aromatic N) is 1. The molecule has 1 aromatic heterocycles. The summed E-state index contributed by atoms with van der Waals surface area (Å²) < 4.78 is 4.66. The van der Waals surface area contributed by atoms with Gasteiger partial charge < -0.3 is 4.74 Å². The number of halogens is 1. The molecule has 1 aromatic carbocycles. The molecule has 0 amide bonds. The Labute approximate surface area is 91.6 Å². The number of rotatable bonds is 3. The van der Waals surface area contributed by atoms with Gasteiger partial charge in [-0.1, -0.05) is 17.7 Å². The molecule has 0 radical (unpaired) electrons. The summed E-state index contributed by atoms with van der Waals surface area (Å²) in [4.78, 5) is 14.2. The van der Waals surface area contributed by atoms with Crippen molar-refractivity contribution in [2.24, 2.45) is 0 Å². The van der Waals surface area contributed by atoms with Gasteiger partial charge in [0.25, 0.3) is 6.47 Å². The number of aromatic nitrogens is 1. The van der Waals surface area contributed by atoms with Gasteiger partial charge >= 0.3 is 0 Å². The number of carbonyl (C=O) groups is 1. The maximum absolute atomic E-state index is 10.0. The third kappa shape index (κ3) is 2.25. The molecule has 0 spiro atoms. The summed E-state index contributed by atoms with van der Waals surface area (Å²) in [6, 6.07) is 7.47. The van der Waals surface area contributed by atoms with Crippen LogP contribution in [-0.4, -0.2) is 11.5 Å². The van der Waals surface area contributed by atoms with Gasteiger partial charge in [-0.2, -0.15) is 0 Å². The molecule has 2 rings (SSSR count). The van der Waals surface area contributed by atoms with E-state index >= 15 is 0 Å². The zero-order valence-corrected chi connectivity index (χ0v) is 8.57. The first-order chi connectivity index (χ1) is 7.29. The molecule has 0 atom stereocenters. The van der Waals surface area contributed by atoms with Gasteiger partial charge in [0.15, 0.2) is 0 Å². The maximum Gasteiger partial charge on any atom is 0.293 e. The Kier molecular flexibility index (Phi) is 2.83. The average molecular weight is 222 g/mol. The molecule has 0 aliphatic carbocycles. The summed E-state index contributed by atoms with van der Waals surface area (Å²) in [6.07, 6.45) is 1.60. The van der Waals surface area contributed by atoms with E-state index < -0.39 is 0 Å². The smallest absolute Gasteiger partial charge is 0.293 e. The van der Waals surface area contributed by atoms with Gasteiger partial charge in [0.2, 0.25) is 0 Å². The third-order valence-electron chi connectivity index (χ3n) is 2.03. The number of pyridine rings is 1. The lowest BCUT2D eigenvalue weighted by Gasteiger charge is -2.02. The summed E-state index contributed by atoms with van der Waals surface area (Å²) in [5.41, 5.74) is 1.79. The highest BCUT2D eigenvalue weighted by Gasteiger charge is 1.98. The van der Waals surface area contributed by atoms with Gasteiger partial charge in [-0.3, -0.25) is 9.78 Å². The van der Waals surface area contributed by atoms with Crippen LogP contribution in [0.15, 0.2) is 30.5 Å². The van der Waals surface area contributed by atoms with E-state index in [1.165, 1.54) is 0 Å². The molecule has 0 aliphatic rings. The first-order valence-corrected chi connectivity index (χ1v) is 4.77. The van der Waals surface area contributed by atoms with E-state index in [0.717, 1.165) is 16.5 Å². The average Bonchev–Trinajstić information content (AvgIpc) is 2.25. The summed E-state index contributed by atoms with van der Waals surface area (Å²) in [5.74, 6) is 0. The molecule has 15 heavy (non-hydrogen) atoms. The van der Waals surface area contributed by atoms with Gasteiger partial charge in [0, 0.05) is 11.6 Å². The minimum atomic E-state index is 0.270. The monoisotopic (exact) mass is 221 g/mol. The predicted molar refractivity (Wildman–Crippen MR) is 57.6 cm³/mol. The maximum atomic E-state index is 10.0. The second kappa shape index (κ2) is 4.28. The first-order valence-electron chi connectivity index (χ1n) is 4.39. The van der Waals surface area contributed by atoms with Crippen LogP contribution in [0.2, 0.25) is 5.02 Å². The van der Waals surface area contributed by atoms with E-state index in [2.05, 4.69) is 9.72 Å². The van der Waals surface area contributed by atoms with Crippen molar-refractivity contribution in [2.75, 3.05) is 0 Å². The second-order valence-electron chi connectivity index (χ2n) is 3.09. The molecular weight excluding hydrogens is 214 g/mol. The molecule has 1 heterocycles. The summed E-state index contributed by atoms with van der Waals surface area (Å²) in [6.45, 7) is 0.701. The van der Waals surface area contributed by atoms with Crippen LogP contribution in [0, 0.1) is 0 Å². The molecule has 76 valence electrons. The van der Waals surface area contributed by atoms with Gasteiger partial charge in [-0.05, 0) is 23.8 Å². The molecule has 0 unspecified atom stereocenters. The largest absolute Gasteiger partial charge is 0.463 e. The van der Waals surface area contributed by atoms with E-state index in [4.69, 9.17) is 11.6 Å². The molecule has 0 aliphatic heterocycles. The molecule has 4 heteroatoms. The Morgan fingerprint density at radius 3 is 3.07 bits per heavy atom. The van der Waals surface area contributed by atoms with Crippen LogP contribution in [-0.2, 0) is 16.1 Å². The van der Waals surface area contributed by atoms with Gasteiger partial charge in [-0.15, -0.1) is 0 Å². The predicted octanol–water partition coefficient (Wildman–Crippen LogP) is 2.56. The minimum Gasteiger partial charge on any atom is -0.463 e. The van der Waals surface area contributed by atoms with Crippen molar-refractivity contribution in [1.29, 1.82) is 0 Å². The Balaban J connectivity index is 2.40. The van der Waals surface area contributed by atoms with E-state index in [-0.39, 0.29) is 6.61 Å². The molecule has 0 bridgehead atoms. The van der Waals surface area contributed by atoms with Crippen molar-refractivity contribution < 1.29 is 9.53 Å². The van der Waals surface area contributed by atoms with Crippen molar-refractivity contribution in [1.82, 2.24) is 4.98 Å². The van der Waals surface area contributed by atoms with Crippen LogP contribution < -0.4 is 0 Å². The lowest BCUT2D eigenvalue weighted by molar-refractivity contribution is -0.129. The highest BCUT2D eigenvalue weighted by molar-refractivity contribution is 6.31. The molecule has 0 saturated carbocycles. The zero-order valence-electron chi connectivity index (χ0n) is 7.81. The fourth-order valence-corrected chi connectivity index (χ4v) is 1.54. The molecule has 0 N–H and O–H groups in total. The summed E-state index contributed by atoms with van der Waals surface area (Å²) >= 11 is 5.83. The quantitative estimate of drug-likeness (QED) is 0.748.